The van der Waals surface area contributed by atoms with Gasteiger partial charge in [0.25, 0.3) is 0 Å². The monoisotopic (exact) mass is 380 g/mol. The van der Waals surface area contributed by atoms with Crippen LogP contribution < -0.4 is 0 Å². The molecule has 6 nitrogen and oxygen atoms in total. The van der Waals surface area contributed by atoms with Crippen molar-refractivity contribution in [3.05, 3.63) is 34.9 Å². The Hall–Kier alpha value is -1.57. The van der Waals surface area contributed by atoms with Gasteiger partial charge in [-0.2, -0.15) is 4.98 Å². The number of nitrogens with zero attached hydrogens (tertiary/aromatic N) is 4. The molecule has 0 saturated carbocycles. The van der Waals surface area contributed by atoms with Gasteiger partial charge < -0.3 is 13.8 Å². The summed E-state index contributed by atoms with van der Waals surface area (Å²) in [5.41, 5.74) is 1.77. The third-order valence-corrected chi connectivity index (χ3v) is 4.85. The molecule has 0 amide bonds. The highest BCUT2D eigenvalue weighted by Gasteiger charge is 2.21. The minimum atomic E-state index is -0.130. The number of halogens is 1. The van der Waals surface area contributed by atoms with Crippen molar-refractivity contribution in [3.63, 3.8) is 0 Å². The summed E-state index contributed by atoms with van der Waals surface area (Å²) in [5.74, 6) is 1.87. The average molecular weight is 381 g/mol. The first-order valence-electron chi connectivity index (χ1n) is 7.99. The lowest BCUT2D eigenvalue weighted by atomic mass is 9.96. The Bertz CT molecular complexity index is 869. The van der Waals surface area contributed by atoms with Gasteiger partial charge in [0.1, 0.15) is 0 Å². The van der Waals surface area contributed by atoms with Gasteiger partial charge in [-0.25, -0.2) is 4.98 Å². The zero-order valence-electron chi connectivity index (χ0n) is 14.7. The zero-order chi connectivity index (χ0) is 18.0. The Morgan fingerprint density at radius 3 is 2.76 bits per heavy atom. The lowest BCUT2D eigenvalue weighted by Gasteiger charge is -2.10. The standard InChI is InChI=1S/C17H21ClN4O2S/c1-17(2,3)15-20-14(24-21-15)10-25-16-19-12-9-11(18)5-6-13(12)22(16)7-8-23-4/h5-6,9H,7-8,10H2,1-4H3. The van der Waals surface area contributed by atoms with E-state index in [-0.39, 0.29) is 5.41 Å². The molecular weight excluding hydrogens is 360 g/mol. The Kier molecular flexibility index (Phi) is 5.36. The molecule has 2 heterocycles. The molecule has 0 bridgehead atoms. The highest BCUT2D eigenvalue weighted by Crippen LogP contribution is 2.28. The summed E-state index contributed by atoms with van der Waals surface area (Å²) in [6.07, 6.45) is 0. The molecule has 3 aromatic rings. The van der Waals surface area contributed by atoms with Gasteiger partial charge in [-0.1, -0.05) is 49.3 Å². The van der Waals surface area contributed by atoms with Crippen molar-refractivity contribution < 1.29 is 9.26 Å². The van der Waals surface area contributed by atoms with Gasteiger partial charge in [-0.15, -0.1) is 0 Å². The molecule has 0 atom stereocenters. The van der Waals surface area contributed by atoms with Gasteiger partial charge in [0, 0.05) is 24.1 Å². The van der Waals surface area contributed by atoms with Crippen LogP contribution in [-0.4, -0.2) is 33.4 Å². The van der Waals surface area contributed by atoms with Crippen LogP contribution in [0.25, 0.3) is 11.0 Å². The normalized spacial score (nSPS) is 12.2. The molecule has 25 heavy (non-hydrogen) atoms. The first kappa shape index (κ1) is 18.2. The van der Waals surface area contributed by atoms with E-state index in [9.17, 15) is 0 Å². The maximum absolute atomic E-state index is 6.09. The van der Waals surface area contributed by atoms with Crippen molar-refractivity contribution in [1.82, 2.24) is 19.7 Å². The van der Waals surface area contributed by atoms with Crippen molar-refractivity contribution in [2.75, 3.05) is 13.7 Å². The summed E-state index contributed by atoms with van der Waals surface area (Å²) in [5, 5.41) is 5.61. The molecule has 0 unspecified atom stereocenters. The molecule has 0 radical (unpaired) electrons. The van der Waals surface area contributed by atoms with Crippen molar-refractivity contribution in [1.29, 1.82) is 0 Å². The molecule has 0 aliphatic carbocycles. The predicted molar refractivity (Wildman–Crippen MR) is 99.2 cm³/mol. The lowest BCUT2D eigenvalue weighted by Crippen LogP contribution is -2.13. The Morgan fingerprint density at radius 2 is 2.08 bits per heavy atom. The number of rotatable bonds is 6. The largest absolute Gasteiger partial charge is 0.383 e. The minimum absolute atomic E-state index is 0.130. The topological polar surface area (TPSA) is 66.0 Å². The summed E-state index contributed by atoms with van der Waals surface area (Å²) in [4.78, 5) is 9.17. The summed E-state index contributed by atoms with van der Waals surface area (Å²) in [6, 6.07) is 5.72. The second-order valence-electron chi connectivity index (χ2n) is 6.72. The molecule has 0 spiro atoms. The van der Waals surface area contributed by atoms with E-state index >= 15 is 0 Å². The summed E-state index contributed by atoms with van der Waals surface area (Å²) in [6.45, 7) is 7.50. The van der Waals surface area contributed by atoms with Crippen LogP contribution in [-0.2, 0) is 22.4 Å². The molecule has 0 N–H and O–H groups in total. The molecule has 0 fully saturated rings. The molecular formula is C17H21ClN4O2S. The number of fused-ring (bicyclic) bond motifs is 1. The second-order valence-corrected chi connectivity index (χ2v) is 8.10. The van der Waals surface area contributed by atoms with Gasteiger partial charge in [-0.05, 0) is 18.2 Å². The quantitative estimate of drug-likeness (QED) is 0.593. The van der Waals surface area contributed by atoms with E-state index in [1.54, 1.807) is 18.9 Å². The van der Waals surface area contributed by atoms with Crippen LogP contribution in [0.4, 0.5) is 0 Å². The van der Waals surface area contributed by atoms with Crippen LogP contribution in [0.15, 0.2) is 27.9 Å². The Morgan fingerprint density at radius 1 is 1.28 bits per heavy atom. The smallest absolute Gasteiger partial charge is 0.237 e. The number of imidazole rings is 1. The van der Waals surface area contributed by atoms with Crippen LogP contribution in [0.2, 0.25) is 5.02 Å². The average Bonchev–Trinajstić information content (AvgIpc) is 3.14. The van der Waals surface area contributed by atoms with Crippen LogP contribution >= 0.6 is 23.4 Å². The summed E-state index contributed by atoms with van der Waals surface area (Å²) < 4.78 is 12.7. The molecule has 8 heteroatoms. The summed E-state index contributed by atoms with van der Waals surface area (Å²) >= 11 is 7.65. The van der Waals surface area contributed by atoms with Gasteiger partial charge in [0.15, 0.2) is 11.0 Å². The third-order valence-electron chi connectivity index (χ3n) is 3.66. The van der Waals surface area contributed by atoms with Crippen molar-refractivity contribution >= 4 is 34.4 Å². The second kappa shape index (κ2) is 7.35. The molecule has 3 rings (SSSR count). The van der Waals surface area contributed by atoms with Crippen molar-refractivity contribution in [3.8, 4) is 0 Å². The fraction of sp³-hybridized carbons (Fsp3) is 0.471. The van der Waals surface area contributed by atoms with E-state index in [1.165, 1.54) is 0 Å². The summed E-state index contributed by atoms with van der Waals surface area (Å²) in [7, 11) is 1.69. The maximum Gasteiger partial charge on any atom is 0.237 e. The van der Waals surface area contributed by atoms with E-state index in [1.807, 2.05) is 18.2 Å². The lowest BCUT2D eigenvalue weighted by molar-refractivity contribution is 0.186. The van der Waals surface area contributed by atoms with Crippen LogP contribution in [0.5, 0.6) is 0 Å². The highest BCUT2D eigenvalue weighted by molar-refractivity contribution is 7.98. The van der Waals surface area contributed by atoms with E-state index in [0.717, 1.165) is 16.2 Å². The molecule has 134 valence electrons. The highest BCUT2D eigenvalue weighted by atomic mass is 35.5. The number of hydrogen-bond donors (Lipinski definition) is 0. The minimum Gasteiger partial charge on any atom is -0.383 e. The zero-order valence-corrected chi connectivity index (χ0v) is 16.3. The van der Waals surface area contributed by atoms with E-state index < -0.39 is 0 Å². The van der Waals surface area contributed by atoms with Gasteiger partial charge in [-0.3, -0.25) is 0 Å². The molecule has 1 aromatic carbocycles. The molecule has 2 aromatic heterocycles. The van der Waals surface area contributed by atoms with E-state index in [2.05, 4.69) is 35.5 Å². The van der Waals surface area contributed by atoms with Crippen LogP contribution in [0.3, 0.4) is 0 Å². The fourth-order valence-electron chi connectivity index (χ4n) is 2.33. The third kappa shape index (κ3) is 4.16. The Balaban J connectivity index is 1.83. The van der Waals surface area contributed by atoms with Crippen LogP contribution in [0, 0.1) is 0 Å². The number of benzene rings is 1. The number of hydrogen-bond acceptors (Lipinski definition) is 6. The van der Waals surface area contributed by atoms with Gasteiger partial charge >= 0.3 is 0 Å². The predicted octanol–water partition coefficient (Wildman–Crippen LogP) is 4.31. The number of aromatic nitrogens is 4. The van der Waals surface area contributed by atoms with Gasteiger partial charge in [0.2, 0.25) is 5.89 Å². The number of ether oxygens (including phenoxy) is 1. The van der Waals surface area contributed by atoms with Gasteiger partial charge in [0.05, 0.1) is 23.4 Å². The van der Waals surface area contributed by atoms with Crippen molar-refractivity contribution in [2.24, 2.45) is 0 Å². The first-order chi connectivity index (χ1) is 11.9. The molecule has 0 aliphatic rings. The van der Waals surface area contributed by atoms with E-state index in [0.29, 0.717) is 35.6 Å². The molecule has 0 saturated heterocycles. The number of thioether (sulfide) groups is 1. The Labute approximate surface area is 155 Å². The molecule has 0 aliphatic heterocycles. The first-order valence-corrected chi connectivity index (χ1v) is 9.35. The van der Waals surface area contributed by atoms with Crippen LogP contribution in [0.1, 0.15) is 32.5 Å². The maximum atomic E-state index is 6.09. The van der Waals surface area contributed by atoms with Crippen molar-refractivity contribution in [2.45, 2.75) is 43.6 Å². The SMILES string of the molecule is COCCn1c(SCc2nc(C(C)(C)C)no2)nc2cc(Cl)ccc21. The van der Waals surface area contributed by atoms with E-state index in [4.69, 9.17) is 25.8 Å². The fourth-order valence-corrected chi connectivity index (χ4v) is 3.38. The number of methoxy groups -OCH3 is 1.